The van der Waals surface area contributed by atoms with E-state index in [9.17, 15) is 32.4 Å². The van der Waals surface area contributed by atoms with Crippen molar-refractivity contribution in [1.82, 2.24) is 24.7 Å². The Kier molecular flexibility index (Phi) is 11.1. The van der Waals surface area contributed by atoms with E-state index in [-0.39, 0.29) is 35.3 Å². The molecular weight excluding hydrogens is 739 g/mol. The summed E-state index contributed by atoms with van der Waals surface area (Å²) in [4.78, 5) is 69.8. The molecule has 3 aliphatic rings. The van der Waals surface area contributed by atoms with Crippen LogP contribution in [0.4, 0.5) is 0 Å². The van der Waals surface area contributed by atoms with Crippen LogP contribution in [-0.2, 0) is 39.4 Å². The number of sulfone groups is 1. The number of piperidine rings is 1. The SMILES string of the molecule is COc1cc(-c2cn(C)c(=O)c3cnccc23)cc(OC)c1CN1CC(S(=O)(=O)CCCCCCCc2ccc3c(c2)C(=O)N(C2CCC(=O)NC2=O)C3=O)C1. The number of imide groups is 2. The van der Waals surface area contributed by atoms with Gasteiger partial charge >= 0.3 is 0 Å². The molecule has 5 heterocycles. The smallest absolute Gasteiger partial charge is 0.262 e. The minimum Gasteiger partial charge on any atom is -0.496 e. The van der Waals surface area contributed by atoms with E-state index >= 15 is 0 Å². The van der Waals surface area contributed by atoms with Crippen LogP contribution in [-0.4, -0.2) is 95.8 Å². The summed E-state index contributed by atoms with van der Waals surface area (Å²) in [6.07, 6.45) is 9.87. The zero-order valence-corrected chi connectivity index (χ0v) is 32.5. The molecule has 0 aliphatic carbocycles. The van der Waals surface area contributed by atoms with Crippen molar-refractivity contribution in [2.75, 3.05) is 33.1 Å². The molecule has 7 rings (SSSR count). The van der Waals surface area contributed by atoms with Crippen molar-refractivity contribution in [2.24, 2.45) is 7.05 Å². The molecule has 0 saturated carbocycles. The molecule has 15 heteroatoms. The lowest BCUT2D eigenvalue weighted by atomic mass is 9.98. The van der Waals surface area contributed by atoms with E-state index in [0.29, 0.717) is 49.4 Å². The summed E-state index contributed by atoms with van der Waals surface area (Å²) in [5.41, 5.74) is 3.78. The van der Waals surface area contributed by atoms with Crippen LogP contribution in [0.5, 0.6) is 11.5 Å². The van der Waals surface area contributed by atoms with Crippen LogP contribution in [0.3, 0.4) is 0 Å². The Morgan fingerprint density at radius 1 is 0.839 bits per heavy atom. The van der Waals surface area contributed by atoms with Gasteiger partial charge in [0.2, 0.25) is 11.8 Å². The van der Waals surface area contributed by atoms with Crippen molar-refractivity contribution in [1.29, 1.82) is 0 Å². The number of ether oxygens (including phenoxy) is 2. The second-order valence-electron chi connectivity index (χ2n) is 14.8. The zero-order chi connectivity index (χ0) is 39.7. The summed E-state index contributed by atoms with van der Waals surface area (Å²) in [5, 5.41) is 3.06. The molecule has 56 heavy (non-hydrogen) atoms. The van der Waals surface area contributed by atoms with Crippen LogP contribution in [0, 0.1) is 0 Å². The molecule has 4 amide bonds. The van der Waals surface area contributed by atoms with Gasteiger partial charge in [0.25, 0.3) is 17.4 Å². The summed E-state index contributed by atoms with van der Waals surface area (Å²) >= 11 is 0. The van der Waals surface area contributed by atoms with Crippen LogP contribution in [0.15, 0.2) is 59.8 Å². The van der Waals surface area contributed by atoms with E-state index in [2.05, 4.69) is 15.2 Å². The monoisotopic (exact) mass is 783 g/mol. The molecule has 1 unspecified atom stereocenters. The first kappa shape index (κ1) is 38.8. The number of methoxy groups -OCH3 is 2. The maximum atomic E-state index is 13.2. The van der Waals surface area contributed by atoms with Gasteiger partial charge < -0.3 is 14.0 Å². The van der Waals surface area contributed by atoms with Gasteiger partial charge in [-0.25, -0.2) is 8.42 Å². The lowest BCUT2D eigenvalue weighted by Crippen LogP contribution is -2.54. The van der Waals surface area contributed by atoms with Gasteiger partial charge in [0.1, 0.15) is 17.5 Å². The summed E-state index contributed by atoms with van der Waals surface area (Å²) in [7, 11) is 1.62. The number of benzene rings is 2. The number of rotatable bonds is 15. The van der Waals surface area contributed by atoms with Crippen molar-refractivity contribution in [2.45, 2.75) is 69.2 Å². The number of aromatic nitrogens is 2. The molecule has 2 saturated heterocycles. The highest BCUT2D eigenvalue weighted by Crippen LogP contribution is 2.39. The number of aryl methyl sites for hydroxylation is 2. The number of unbranched alkanes of at least 4 members (excludes halogenated alkanes) is 4. The van der Waals surface area contributed by atoms with Gasteiger partial charge in [0.15, 0.2) is 9.84 Å². The van der Waals surface area contributed by atoms with Crippen LogP contribution < -0.4 is 20.3 Å². The fourth-order valence-electron chi connectivity index (χ4n) is 7.94. The van der Waals surface area contributed by atoms with E-state index in [0.717, 1.165) is 58.2 Å². The third kappa shape index (κ3) is 7.57. The van der Waals surface area contributed by atoms with Crippen LogP contribution >= 0.6 is 0 Å². The van der Waals surface area contributed by atoms with Crippen molar-refractivity contribution < 1.29 is 37.1 Å². The van der Waals surface area contributed by atoms with E-state index < -0.39 is 44.8 Å². The summed E-state index contributed by atoms with van der Waals surface area (Å²) < 4.78 is 39.5. The highest BCUT2D eigenvalue weighted by Gasteiger charge is 2.44. The zero-order valence-electron chi connectivity index (χ0n) is 31.7. The molecule has 0 spiro atoms. The average Bonchev–Trinajstić information content (AvgIpc) is 3.41. The first-order valence-electron chi connectivity index (χ1n) is 18.9. The average molecular weight is 784 g/mol. The number of pyridine rings is 2. The Labute approximate surface area is 324 Å². The molecule has 0 radical (unpaired) electrons. The third-order valence-corrected chi connectivity index (χ3v) is 13.3. The van der Waals surface area contributed by atoms with Crippen LogP contribution in [0.2, 0.25) is 0 Å². The molecular formula is C41H45N5O9S. The molecule has 3 aliphatic heterocycles. The predicted molar refractivity (Wildman–Crippen MR) is 208 cm³/mol. The van der Waals surface area contributed by atoms with Crippen molar-refractivity contribution in [3.63, 3.8) is 0 Å². The normalized spacial score (nSPS) is 17.6. The van der Waals surface area contributed by atoms with Crippen molar-refractivity contribution in [3.8, 4) is 22.6 Å². The molecule has 2 fully saturated rings. The Morgan fingerprint density at radius 3 is 2.25 bits per heavy atom. The van der Waals surface area contributed by atoms with Gasteiger partial charge in [-0.1, -0.05) is 25.3 Å². The van der Waals surface area contributed by atoms with Gasteiger partial charge in [0, 0.05) is 57.3 Å². The lowest BCUT2D eigenvalue weighted by Gasteiger charge is -2.39. The van der Waals surface area contributed by atoms with Gasteiger partial charge in [-0.15, -0.1) is 0 Å². The molecule has 1 N–H and O–H groups in total. The van der Waals surface area contributed by atoms with Gasteiger partial charge in [0.05, 0.1) is 47.3 Å². The second kappa shape index (κ2) is 16.0. The largest absolute Gasteiger partial charge is 0.496 e. The first-order chi connectivity index (χ1) is 26.9. The number of hydrogen-bond donors (Lipinski definition) is 1. The minimum atomic E-state index is -3.26. The number of nitrogens with zero attached hydrogens (tertiary/aromatic N) is 4. The molecule has 4 aromatic rings. The van der Waals surface area contributed by atoms with Crippen molar-refractivity contribution in [3.05, 3.63) is 87.6 Å². The first-order valence-corrected chi connectivity index (χ1v) is 20.6. The quantitative estimate of drug-likeness (QED) is 0.137. The molecule has 2 aromatic heterocycles. The third-order valence-electron chi connectivity index (χ3n) is 11.1. The molecule has 294 valence electrons. The molecule has 14 nitrogen and oxygen atoms in total. The number of amides is 4. The van der Waals surface area contributed by atoms with Crippen LogP contribution in [0.25, 0.3) is 21.9 Å². The Bertz CT molecular complexity index is 2380. The maximum Gasteiger partial charge on any atom is 0.262 e. The lowest BCUT2D eigenvalue weighted by molar-refractivity contribution is -0.136. The number of hydrogen-bond acceptors (Lipinski definition) is 11. The number of carbonyl (C=O) groups is 4. The standard InChI is InChI=1S/C41H45N5O9S/c1-44-23-32(28-14-15-42-20-31(28)39(44)49)26-18-35(54-2)33(36(19-26)55-3)24-45-21-27(22-45)56(52,53)16-8-6-4-5-7-9-25-10-11-29-30(17-25)41(51)46(40(29)50)34-12-13-37(47)43-38(34)48/h10-11,14-15,17-20,23,27,34H,4-9,12-13,16,21-22,24H2,1-3H3,(H,43,47,48). The maximum absolute atomic E-state index is 13.2. The van der Waals surface area contributed by atoms with Gasteiger partial charge in [-0.05, 0) is 72.5 Å². The van der Waals surface area contributed by atoms with E-state index in [4.69, 9.17) is 9.47 Å². The Balaban J connectivity index is 0.866. The van der Waals surface area contributed by atoms with E-state index in [1.54, 1.807) is 52.0 Å². The fraction of sp³-hybridized carbons (Fsp3) is 0.415. The highest BCUT2D eigenvalue weighted by atomic mass is 32.2. The molecule has 1 atom stereocenters. The van der Waals surface area contributed by atoms with E-state index in [1.165, 1.54) is 4.57 Å². The number of nitrogens with one attached hydrogen (secondary N) is 1. The molecule has 2 aromatic carbocycles. The van der Waals surface area contributed by atoms with Crippen LogP contribution in [0.1, 0.15) is 76.8 Å². The Hall–Kier alpha value is -5.41. The van der Waals surface area contributed by atoms with Gasteiger partial charge in [-0.3, -0.25) is 44.1 Å². The summed E-state index contributed by atoms with van der Waals surface area (Å²) in [6.45, 7) is 1.31. The van der Waals surface area contributed by atoms with Crippen molar-refractivity contribution >= 4 is 44.2 Å². The summed E-state index contributed by atoms with van der Waals surface area (Å²) in [5.74, 6) is -0.724. The predicted octanol–water partition coefficient (Wildman–Crippen LogP) is 3.81. The molecule has 0 bridgehead atoms. The van der Waals surface area contributed by atoms with Gasteiger partial charge in [-0.2, -0.15) is 0 Å². The highest BCUT2D eigenvalue weighted by molar-refractivity contribution is 7.92. The number of likely N-dealkylation sites (tertiary alicyclic amines) is 1. The Morgan fingerprint density at radius 2 is 1.54 bits per heavy atom. The minimum absolute atomic E-state index is 0.0716. The summed E-state index contributed by atoms with van der Waals surface area (Å²) in [6, 6.07) is 9.82. The number of carbonyl (C=O) groups excluding carboxylic acids is 4. The second-order valence-corrected chi connectivity index (χ2v) is 17.2. The topological polar surface area (TPSA) is 174 Å². The fourth-order valence-corrected chi connectivity index (χ4v) is 9.76. The number of fused-ring (bicyclic) bond motifs is 2. The van der Waals surface area contributed by atoms with E-state index in [1.807, 2.05) is 24.3 Å².